The minimum atomic E-state index is 0.273. The predicted molar refractivity (Wildman–Crippen MR) is 99.6 cm³/mol. The molecule has 1 aromatic carbocycles. The van der Waals surface area contributed by atoms with Crippen molar-refractivity contribution in [2.75, 3.05) is 51.8 Å². The van der Waals surface area contributed by atoms with Crippen LogP contribution >= 0.6 is 0 Å². The Balaban J connectivity index is 1.60. The third kappa shape index (κ3) is 5.22. The van der Waals surface area contributed by atoms with Gasteiger partial charge in [0.15, 0.2) is 0 Å². The van der Waals surface area contributed by atoms with Gasteiger partial charge in [-0.3, -0.25) is 0 Å². The summed E-state index contributed by atoms with van der Waals surface area (Å²) in [5.41, 5.74) is 2.39. The lowest BCUT2D eigenvalue weighted by molar-refractivity contribution is 0.122. The van der Waals surface area contributed by atoms with Gasteiger partial charge in [0.25, 0.3) is 0 Å². The van der Waals surface area contributed by atoms with E-state index in [4.69, 9.17) is 4.74 Å². The molecule has 0 aliphatic carbocycles. The van der Waals surface area contributed by atoms with E-state index in [-0.39, 0.29) is 6.04 Å². The van der Waals surface area contributed by atoms with Crippen LogP contribution in [0.4, 0.5) is 5.95 Å². The molecule has 1 saturated heterocycles. The van der Waals surface area contributed by atoms with Gasteiger partial charge >= 0.3 is 0 Å². The van der Waals surface area contributed by atoms with Gasteiger partial charge in [0.05, 0.1) is 13.2 Å². The normalized spacial score (nSPS) is 16.2. The number of hydrogen-bond acceptors (Lipinski definition) is 6. The van der Waals surface area contributed by atoms with Crippen LogP contribution in [0.5, 0.6) is 0 Å². The molecule has 25 heavy (non-hydrogen) atoms. The Morgan fingerprint density at radius 3 is 2.44 bits per heavy atom. The quantitative estimate of drug-likeness (QED) is 0.827. The second-order valence-electron chi connectivity index (χ2n) is 6.60. The molecule has 0 radical (unpaired) electrons. The molecule has 0 spiro atoms. The Morgan fingerprint density at radius 1 is 1.12 bits per heavy atom. The fourth-order valence-corrected chi connectivity index (χ4v) is 2.95. The van der Waals surface area contributed by atoms with Crippen LogP contribution < -0.4 is 10.2 Å². The lowest BCUT2D eigenvalue weighted by Crippen LogP contribution is -2.37. The van der Waals surface area contributed by atoms with Gasteiger partial charge in [-0.15, -0.1) is 0 Å². The summed E-state index contributed by atoms with van der Waals surface area (Å²) in [7, 11) is 4.19. The molecule has 1 atom stereocenters. The maximum absolute atomic E-state index is 5.37. The molecule has 0 amide bonds. The standard InChI is InChI=1S/C19H27N5O/c1-23(2)15-18(17-6-4-3-5-7-17)20-12-16-13-21-19(22-14-16)24-8-10-25-11-9-24/h3-7,13-14,18,20H,8-12,15H2,1-2H3. The molecular formula is C19H27N5O. The van der Waals surface area contributed by atoms with Crippen LogP contribution in [0.3, 0.4) is 0 Å². The molecule has 1 aliphatic rings. The number of nitrogens with zero attached hydrogens (tertiary/aromatic N) is 4. The molecule has 3 rings (SSSR count). The van der Waals surface area contributed by atoms with E-state index in [1.165, 1.54) is 5.56 Å². The zero-order valence-electron chi connectivity index (χ0n) is 15.1. The van der Waals surface area contributed by atoms with Crippen LogP contribution in [0.1, 0.15) is 17.2 Å². The summed E-state index contributed by atoms with van der Waals surface area (Å²) in [6, 6.07) is 10.8. The number of hydrogen-bond donors (Lipinski definition) is 1. The number of likely N-dealkylation sites (N-methyl/N-ethyl adjacent to an activating group) is 1. The van der Waals surface area contributed by atoms with E-state index in [0.717, 1.165) is 50.9 Å². The van der Waals surface area contributed by atoms with Crippen LogP contribution in [0, 0.1) is 0 Å². The molecule has 1 aromatic heterocycles. The maximum Gasteiger partial charge on any atom is 0.225 e. The second kappa shape index (κ2) is 8.89. The Bertz CT molecular complexity index is 626. The molecular weight excluding hydrogens is 314 g/mol. The van der Waals surface area contributed by atoms with Gasteiger partial charge < -0.3 is 19.9 Å². The highest BCUT2D eigenvalue weighted by Gasteiger charge is 2.14. The van der Waals surface area contributed by atoms with E-state index >= 15 is 0 Å². The van der Waals surface area contributed by atoms with Gasteiger partial charge in [0.1, 0.15) is 0 Å². The van der Waals surface area contributed by atoms with Gasteiger partial charge in [0, 0.05) is 50.2 Å². The molecule has 2 aromatic rings. The van der Waals surface area contributed by atoms with Crippen LogP contribution in [-0.2, 0) is 11.3 Å². The highest BCUT2D eigenvalue weighted by Crippen LogP contribution is 2.15. The van der Waals surface area contributed by atoms with Gasteiger partial charge in [-0.25, -0.2) is 9.97 Å². The van der Waals surface area contributed by atoms with Crippen molar-refractivity contribution in [1.29, 1.82) is 0 Å². The molecule has 6 nitrogen and oxygen atoms in total. The highest BCUT2D eigenvalue weighted by molar-refractivity contribution is 5.30. The molecule has 6 heteroatoms. The third-order valence-corrected chi connectivity index (χ3v) is 4.29. The minimum Gasteiger partial charge on any atom is -0.378 e. The van der Waals surface area contributed by atoms with E-state index < -0.39 is 0 Å². The van der Waals surface area contributed by atoms with Crippen molar-refractivity contribution in [3.8, 4) is 0 Å². The molecule has 1 unspecified atom stereocenters. The van der Waals surface area contributed by atoms with E-state index in [9.17, 15) is 0 Å². The van der Waals surface area contributed by atoms with Crippen molar-refractivity contribution >= 4 is 5.95 Å². The summed E-state index contributed by atoms with van der Waals surface area (Å²) >= 11 is 0. The third-order valence-electron chi connectivity index (χ3n) is 4.29. The number of anilines is 1. The molecule has 1 aliphatic heterocycles. The molecule has 0 bridgehead atoms. The zero-order chi connectivity index (χ0) is 17.5. The Morgan fingerprint density at radius 2 is 1.80 bits per heavy atom. The summed E-state index contributed by atoms with van der Waals surface area (Å²) in [4.78, 5) is 13.4. The zero-order valence-corrected chi connectivity index (χ0v) is 15.1. The lowest BCUT2D eigenvalue weighted by atomic mass is 10.1. The molecule has 2 heterocycles. The second-order valence-corrected chi connectivity index (χ2v) is 6.60. The molecule has 1 N–H and O–H groups in total. The van der Waals surface area contributed by atoms with E-state index in [2.05, 4.69) is 69.5 Å². The summed E-state index contributed by atoms with van der Waals surface area (Å²) in [6.45, 7) is 4.90. The monoisotopic (exact) mass is 341 g/mol. The first kappa shape index (κ1) is 17.8. The topological polar surface area (TPSA) is 53.5 Å². The first-order valence-corrected chi connectivity index (χ1v) is 8.79. The summed E-state index contributed by atoms with van der Waals surface area (Å²) in [5, 5.41) is 3.63. The highest BCUT2D eigenvalue weighted by atomic mass is 16.5. The SMILES string of the molecule is CN(C)CC(NCc1cnc(N2CCOCC2)nc1)c1ccccc1. The van der Waals surface area contributed by atoms with E-state index in [1.54, 1.807) is 0 Å². The molecule has 1 fully saturated rings. The van der Waals surface area contributed by atoms with Crippen LogP contribution in [0.25, 0.3) is 0 Å². The number of nitrogens with one attached hydrogen (secondary N) is 1. The largest absolute Gasteiger partial charge is 0.378 e. The Labute approximate surface area is 149 Å². The van der Waals surface area contributed by atoms with Gasteiger partial charge in [-0.05, 0) is 19.7 Å². The van der Waals surface area contributed by atoms with Crippen molar-refractivity contribution in [2.24, 2.45) is 0 Å². The van der Waals surface area contributed by atoms with E-state index in [0.29, 0.717) is 0 Å². The van der Waals surface area contributed by atoms with Crippen molar-refractivity contribution in [1.82, 2.24) is 20.2 Å². The van der Waals surface area contributed by atoms with Crippen LogP contribution in [0.15, 0.2) is 42.7 Å². The number of ether oxygens (including phenoxy) is 1. The fraction of sp³-hybridized carbons (Fsp3) is 0.474. The molecule has 134 valence electrons. The summed E-state index contributed by atoms with van der Waals surface area (Å²) < 4.78 is 5.37. The van der Waals surface area contributed by atoms with Crippen LogP contribution in [0.2, 0.25) is 0 Å². The average Bonchev–Trinajstić information content (AvgIpc) is 2.67. The summed E-state index contributed by atoms with van der Waals surface area (Å²) in [6.07, 6.45) is 3.84. The van der Waals surface area contributed by atoms with Crippen molar-refractivity contribution in [3.05, 3.63) is 53.9 Å². The van der Waals surface area contributed by atoms with E-state index in [1.807, 2.05) is 12.4 Å². The maximum atomic E-state index is 5.37. The van der Waals surface area contributed by atoms with Gasteiger partial charge in [0.2, 0.25) is 5.95 Å². The smallest absolute Gasteiger partial charge is 0.225 e. The Kier molecular flexibility index (Phi) is 6.33. The first-order valence-electron chi connectivity index (χ1n) is 8.79. The Hall–Kier alpha value is -2.02. The average molecular weight is 341 g/mol. The predicted octanol–water partition coefficient (Wildman–Crippen LogP) is 1.71. The van der Waals surface area contributed by atoms with Gasteiger partial charge in [-0.2, -0.15) is 0 Å². The first-order chi connectivity index (χ1) is 12.2. The lowest BCUT2D eigenvalue weighted by Gasteiger charge is -2.26. The minimum absolute atomic E-state index is 0.273. The number of benzene rings is 1. The van der Waals surface area contributed by atoms with Crippen molar-refractivity contribution < 1.29 is 4.74 Å². The van der Waals surface area contributed by atoms with Gasteiger partial charge in [-0.1, -0.05) is 30.3 Å². The van der Waals surface area contributed by atoms with Crippen molar-refractivity contribution in [3.63, 3.8) is 0 Å². The fourth-order valence-electron chi connectivity index (χ4n) is 2.95. The molecule has 0 saturated carbocycles. The van der Waals surface area contributed by atoms with Crippen molar-refractivity contribution in [2.45, 2.75) is 12.6 Å². The van der Waals surface area contributed by atoms with Crippen LogP contribution in [-0.4, -0.2) is 61.8 Å². The summed E-state index contributed by atoms with van der Waals surface area (Å²) in [5.74, 6) is 0.792. The number of rotatable bonds is 7. The number of morpholine rings is 1. The number of aromatic nitrogens is 2.